The van der Waals surface area contributed by atoms with Gasteiger partial charge in [-0.25, -0.2) is 0 Å². The van der Waals surface area contributed by atoms with Crippen molar-refractivity contribution in [2.75, 3.05) is 19.7 Å². The highest BCUT2D eigenvalue weighted by molar-refractivity contribution is 5.86. The van der Waals surface area contributed by atoms with E-state index in [0.717, 1.165) is 36.8 Å². The molecule has 7 heteroatoms. The van der Waals surface area contributed by atoms with E-state index < -0.39 is 12.0 Å². The first-order valence-electron chi connectivity index (χ1n) is 14.7. The van der Waals surface area contributed by atoms with Gasteiger partial charge >= 0.3 is 5.97 Å². The predicted octanol–water partition coefficient (Wildman–Crippen LogP) is 5.17. The van der Waals surface area contributed by atoms with E-state index in [2.05, 4.69) is 18.5 Å². The lowest BCUT2D eigenvalue weighted by atomic mass is 9.94. The average Bonchev–Trinajstić information content (AvgIpc) is 3.48. The number of nitrogens with one attached hydrogen (secondary N) is 1. The lowest BCUT2D eigenvalue weighted by molar-refractivity contribution is -0.155. The van der Waals surface area contributed by atoms with Crippen molar-refractivity contribution < 1.29 is 24.2 Å². The van der Waals surface area contributed by atoms with Crippen LogP contribution in [0, 0.1) is 11.8 Å². The van der Waals surface area contributed by atoms with Crippen molar-refractivity contribution >= 4 is 17.8 Å². The minimum Gasteiger partial charge on any atom is -0.455 e. The Hall–Kier alpha value is -3.71. The zero-order chi connectivity index (χ0) is 29.5. The molecular weight excluding hydrogens is 516 g/mol. The fourth-order valence-corrected chi connectivity index (χ4v) is 5.35. The van der Waals surface area contributed by atoms with Crippen LogP contribution in [0.1, 0.15) is 62.2 Å². The van der Waals surface area contributed by atoms with Gasteiger partial charge in [-0.2, -0.15) is 0 Å². The van der Waals surface area contributed by atoms with Crippen molar-refractivity contribution in [3.05, 3.63) is 97.1 Å². The van der Waals surface area contributed by atoms with E-state index in [0.29, 0.717) is 25.8 Å². The second-order valence-electron chi connectivity index (χ2n) is 10.7. The van der Waals surface area contributed by atoms with Crippen LogP contribution >= 0.6 is 0 Å². The fourth-order valence-electron chi connectivity index (χ4n) is 5.35. The van der Waals surface area contributed by atoms with Gasteiger partial charge in [0.25, 0.3) is 0 Å². The normalized spacial score (nSPS) is 16.8. The number of nitrogens with zero attached hydrogens (tertiary/aromatic N) is 1. The molecule has 2 amide bonds. The zero-order valence-corrected chi connectivity index (χ0v) is 24.0. The maximum absolute atomic E-state index is 13.5. The Kier molecular flexibility index (Phi) is 13.3. The topological polar surface area (TPSA) is 95.9 Å². The number of benzene rings is 2. The number of carbonyl (C=O) groups excluding carboxylic acids is 3. The van der Waals surface area contributed by atoms with Crippen molar-refractivity contribution in [3.8, 4) is 0 Å². The van der Waals surface area contributed by atoms with Crippen molar-refractivity contribution in [3.63, 3.8) is 0 Å². The number of hydrogen-bond acceptors (Lipinski definition) is 5. The van der Waals surface area contributed by atoms with Crippen LogP contribution in [0.4, 0.5) is 0 Å². The number of likely N-dealkylation sites (tertiary alicyclic amines) is 1. The third-order valence-corrected chi connectivity index (χ3v) is 7.66. The van der Waals surface area contributed by atoms with E-state index in [-0.39, 0.29) is 49.3 Å². The molecule has 0 aliphatic carbocycles. The molecule has 1 fully saturated rings. The van der Waals surface area contributed by atoms with Gasteiger partial charge in [-0.3, -0.25) is 14.4 Å². The SMILES string of the molecule is C=CCCC[C@H](Cc1ccccc1)C(=O)O[C@H](CNC(=O)[C@H](CC=C)CC(=O)N1CCC[C@H]1CO)c1ccccc1. The van der Waals surface area contributed by atoms with Crippen molar-refractivity contribution in [1.29, 1.82) is 0 Å². The number of hydrogen-bond donors (Lipinski definition) is 2. The number of aliphatic hydroxyl groups is 1. The van der Waals surface area contributed by atoms with Crippen LogP contribution in [-0.2, 0) is 25.5 Å². The van der Waals surface area contributed by atoms with Crippen LogP contribution in [0.2, 0.25) is 0 Å². The van der Waals surface area contributed by atoms with E-state index in [1.54, 1.807) is 11.0 Å². The summed E-state index contributed by atoms with van der Waals surface area (Å²) in [5.41, 5.74) is 1.85. The zero-order valence-electron chi connectivity index (χ0n) is 24.0. The predicted molar refractivity (Wildman–Crippen MR) is 161 cm³/mol. The number of carbonyl (C=O) groups is 3. The van der Waals surface area contributed by atoms with E-state index in [4.69, 9.17) is 4.74 Å². The molecule has 1 heterocycles. The molecule has 0 saturated carbocycles. The highest BCUT2D eigenvalue weighted by Gasteiger charge is 2.32. The average molecular weight is 561 g/mol. The summed E-state index contributed by atoms with van der Waals surface area (Å²) in [4.78, 5) is 41.4. The first-order valence-corrected chi connectivity index (χ1v) is 14.7. The number of esters is 1. The van der Waals surface area contributed by atoms with E-state index in [1.165, 1.54) is 0 Å². The molecular formula is C34H44N2O5. The van der Waals surface area contributed by atoms with Gasteiger partial charge in [0.1, 0.15) is 6.10 Å². The molecule has 1 aliphatic rings. The van der Waals surface area contributed by atoms with E-state index >= 15 is 0 Å². The molecule has 0 spiro atoms. The number of aliphatic hydroxyl groups excluding tert-OH is 1. The minimum absolute atomic E-state index is 0.0343. The van der Waals surface area contributed by atoms with Gasteiger partial charge in [-0.05, 0) is 56.1 Å². The number of allylic oxidation sites excluding steroid dienone is 2. The summed E-state index contributed by atoms with van der Waals surface area (Å²) in [6.45, 7) is 8.16. The fraction of sp³-hybridized carbons (Fsp3) is 0.441. The largest absolute Gasteiger partial charge is 0.455 e. The van der Waals surface area contributed by atoms with E-state index in [9.17, 15) is 19.5 Å². The van der Waals surface area contributed by atoms with Gasteiger partial charge in [0.2, 0.25) is 11.8 Å². The molecule has 0 radical (unpaired) electrons. The van der Waals surface area contributed by atoms with Crippen LogP contribution in [0.5, 0.6) is 0 Å². The summed E-state index contributed by atoms with van der Waals surface area (Å²) >= 11 is 0. The van der Waals surface area contributed by atoms with Gasteiger partial charge in [0, 0.05) is 13.0 Å². The Morgan fingerprint density at radius 3 is 2.39 bits per heavy atom. The summed E-state index contributed by atoms with van der Waals surface area (Å²) in [7, 11) is 0. The first kappa shape index (κ1) is 31.8. The molecule has 3 rings (SSSR count). The molecule has 2 aromatic rings. The molecule has 1 saturated heterocycles. The quantitative estimate of drug-likeness (QED) is 0.158. The summed E-state index contributed by atoms with van der Waals surface area (Å²) in [6.07, 6.45) is 7.68. The van der Waals surface area contributed by atoms with Gasteiger partial charge in [-0.1, -0.05) is 72.8 Å². The van der Waals surface area contributed by atoms with E-state index in [1.807, 2.05) is 66.7 Å². The second kappa shape index (κ2) is 17.2. The Morgan fingerprint density at radius 1 is 1.02 bits per heavy atom. The number of unbranched alkanes of at least 4 members (excludes halogenated alkanes) is 1. The summed E-state index contributed by atoms with van der Waals surface area (Å²) in [5.74, 6) is -1.66. The van der Waals surface area contributed by atoms with Crippen molar-refractivity contribution in [2.24, 2.45) is 11.8 Å². The Bertz CT molecular complexity index is 1120. The van der Waals surface area contributed by atoms with Gasteiger partial charge in [-0.15, -0.1) is 13.2 Å². The lowest BCUT2D eigenvalue weighted by Crippen LogP contribution is -2.41. The molecule has 41 heavy (non-hydrogen) atoms. The van der Waals surface area contributed by atoms with Gasteiger partial charge in [0.15, 0.2) is 0 Å². The summed E-state index contributed by atoms with van der Waals surface area (Å²) in [6, 6.07) is 19.1. The molecule has 4 atom stereocenters. The third-order valence-electron chi connectivity index (χ3n) is 7.66. The third kappa shape index (κ3) is 10.0. The Morgan fingerprint density at radius 2 is 1.73 bits per heavy atom. The van der Waals surface area contributed by atoms with Gasteiger partial charge < -0.3 is 20.1 Å². The Labute approximate surface area is 244 Å². The number of ether oxygens (including phenoxy) is 1. The highest BCUT2D eigenvalue weighted by atomic mass is 16.5. The number of rotatable bonds is 17. The minimum atomic E-state index is -0.678. The molecule has 2 aromatic carbocycles. The summed E-state index contributed by atoms with van der Waals surface area (Å²) < 4.78 is 6.08. The molecule has 7 nitrogen and oxygen atoms in total. The molecule has 1 aliphatic heterocycles. The lowest BCUT2D eigenvalue weighted by Gasteiger charge is -2.26. The number of amides is 2. The molecule has 2 N–H and O–H groups in total. The van der Waals surface area contributed by atoms with Crippen LogP contribution in [0.25, 0.3) is 0 Å². The molecule has 0 aromatic heterocycles. The standard InChI is InChI=1S/C34H44N2O5/c1-3-5-8-19-29(22-26-15-9-6-10-16-26)34(40)41-31(27-17-11-7-12-18-27)24-35-33(39)28(14-4-2)23-32(38)36-21-13-20-30(36)25-37/h3-4,6-7,9-12,15-18,28-31,37H,1-2,5,8,13-14,19-25H2,(H,35,39)/t28-,29-,30+,31-/m1/s1. The van der Waals surface area contributed by atoms with Gasteiger partial charge in [0.05, 0.1) is 31.0 Å². The summed E-state index contributed by atoms with van der Waals surface area (Å²) in [5, 5.41) is 12.5. The van der Waals surface area contributed by atoms with Crippen LogP contribution < -0.4 is 5.32 Å². The maximum Gasteiger partial charge on any atom is 0.309 e. The monoisotopic (exact) mass is 560 g/mol. The first-order chi connectivity index (χ1) is 20.0. The molecule has 220 valence electrons. The Balaban J connectivity index is 1.69. The van der Waals surface area contributed by atoms with Crippen molar-refractivity contribution in [1.82, 2.24) is 10.2 Å². The van der Waals surface area contributed by atoms with Crippen molar-refractivity contribution in [2.45, 2.75) is 63.5 Å². The molecule has 0 unspecified atom stereocenters. The van der Waals surface area contributed by atoms with Crippen LogP contribution in [0.3, 0.4) is 0 Å². The van der Waals surface area contributed by atoms with Crippen LogP contribution in [0.15, 0.2) is 86.0 Å². The maximum atomic E-state index is 13.5. The van der Waals surface area contributed by atoms with Crippen LogP contribution in [-0.4, -0.2) is 53.5 Å². The smallest absolute Gasteiger partial charge is 0.309 e. The highest BCUT2D eigenvalue weighted by Crippen LogP contribution is 2.24. The molecule has 0 bridgehead atoms. The second-order valence-corrected chi connectivity index (χ2v) is 10.7.